The highest BCUT2D eigenvalue weighted by atomic mass is 32.2. The summed E-state index contributed by atoms with van der Waals surface area (Å²) in [6.07, 6.45) is 0.911. The molecule has 0 bridgehead atoms. The molecule has 0 unspecified atom stereocenters. The maximum Gasteiger partial charge on any atom is 0.0992 e. The van der Waals surface area contributed by atoms with Gasteiger partial charge in [-0.2, -0.15) is 5.26 Å². The Morgan fingerprint density at radius 2 is 1.68 bits per heavy atom. The van der Waals surface area contributed by atoms with Gasteiger partial charge in [0.15, 0.2) is 0 Å². The van der Waals surface area contributed by atoms with Crippen molar-refractivity contribution in [2.24, 2.45) is 5.73 Å². The van der Waals surface area contributed by atoms with Crippen molar-refractivity contribution in [2.75, 3.05) is 4.90 Å². The van der Waals surface area contributed by atoms with Crippen molar-refractivity contribution in [3.63, 3.8) is 0 Å². The van der Waals surface area contributed by atoms with Gasteiger partial charge in [-0.05, 0) is 61.7 Å². The maximum atomic E-state index is 9.38. The molecule has 1 aliphatic rings. The Bertz CT molecular complexity index is 1030. The van der Waals surface area contributed by atoms with Crippen molar-refractivity contribution in [1.82, 2.24) is 0 Å². The molecule has 3 aromatic carbocycles. The number of rotatable bonds is 4. The molecule has 2 atom stereocenters. The Hall–Kier alpha value is -2.74. The van der Waals surface area contributed by atoms with Crippen LogP contribution in [0.4, 0.5) is 11.4 Å². The van der Waals surface area contributed by atoms with Crippen LogP contribution in [0.1, 0.15) is 36.6 Å². The average Bonchev–Trinajstić information content (AvgIpc) is 2.71. The van der Waals surface area contributed by atoms with Crippen LogP contribution < -0.4 is 10.6 Å². The lowest BCUT2D eigenvalue weighted by molar-refractivity contribution is 0.697. The number of nitrogens with zero attached hydrogens (tertiary/aromatic N) is 2. The molecule has 2 N–H and O–H groups in total. The van der Waals surface area contributed by atoms with Crippen molar-refractivity contribution in [3.8, 4) is 6.07 Å². The highest BCUT2D eigenvalue weighted by Crippen LogP contribution is 2.49. The van der Waals surface area contributed by atoms with Crippen molar-refractivity contribution >= 4 is 23.1 Å². The van der Waals surface area contributed by atoms with Gasteiger partial charge in [0.25, 0.3) is 0 Å². The third kappa shape index (κ3) is 3.52. The van der Waals surface area contributed by atoms with E-state index in [0.717, 1.165) is 17.7 Å². The summed E-state index contributed by atoms with van der Waals surface area (Å²) in [6, 6.07) is 25.6. The summed E-state index contributed by atoms with van der Waals surface area (Å²) in [5.74, 6) is 0. The first-order chi connectivity index (χ1) is 13.6. The Morgan fingerprint density at radius 1 is 0.964 bits per heavy atom. The third-order valence-corrected chi connectivity index (χ3v) is 6.30. The van der Waals surface area contributed by atoms with Gasteiger partial charge >= 0.3 is 0 Å². The molecule has 1 aliphatic heterocycles. The van der Waals surface area contributed by atoms with Crippen LogP contribution >= 0.6 is 11.8 Å². The van der Waals surface area contributed by atoms with E-state index in [4.69, 9.17) is 5.73 Å². The molecule has 0 aromatic heterocycles. The topological polar surface area (TPSA) is 53.0 Å². The molecule has 28 heavy (non-hydrogen) atoms. The number of nitriles is 1. The van der Waals surface area contributed by atoms with Gasteiger partial charge in [-0.3, -0.25) is 0 Å². The van der Waals surface area contributed by atoms with Gasteiger partial charge in [0, 0.05) is 21.9 Å². The molecule has 0 fully saturated rings. The summed E-state index contributed by atoms with van der Waals surface area (Å²) >= 11 is 1.77. The number of benzene rings is 3. The van der Waals surface area contributed by atoms with Crippen LogP contribution in [-0.4, -0.2) is 6.04 Å². The average molecular weight is 386 g/mol. The van der Waals surface area contributed by atoms with Gasteiger partial charge in [-0.1, -0.05) is 48.2 Å². The lowest BCUT2D eigenvalue weighted by Crippen LogP contribution is -2.32. The molecule has 0 saturated heterocycles. The highest BCUT2D eigenvalue weighted by molar-refractivity contribution is 7.99. The first kappa shape index (κ1) is 18.6. The van der Waals surface area contributed by atoms with E-state index in [9.17, 15) is 5.26 Å². The summed E-state index contributed by atoms with van der Waals surface area (Å²) in [7, 11) is 0. The minimum atomic E-state index is 0.0498. The van der Waals surface area contributed by atoms with Gasteiger partial charge in [0.2, 0.25) is 0 Å². The molecule has 0 radical (unpaired) electrons. The van der Waals surface area contributed by atoms with Crippen LogP contribution in [0.2, 0.25) is 0 Å². The number of fused-ring (bicyclic) bond motifs is 2. The predicted octanol–water partition coefficient (Wildman–Crippen LogP) is 5.81. The van der Waals surface area contributed by atoms with Crippen molar-refractivity contribution in [1.29, 1.82) is 5.26 Å². The van der Waals surface area contributed by atoms with Crippen LogP contribution in [-0.2, 0) is 6.42 Å². The molecule has 3 nitrogen and oxygen atoms in total. The zero-order chi connectivity index (χ0) is 19.7. The minimum absolute atomic E-state index is 0.0498. The molecular weight excluding hydrogens is 362 g/mol. The van der Waals surface area contributed by atoms with Gasteiger partial charge < -0.3 is 10.6 Å². The Labute approximate surface area is 170 Å². The standard InChI is InChI=1S/C24H23N3S/c1-16(13-18-7-10-20(11-8-18)17(2)26)27-21-5-3-4-6-23(21)28-24-12-9-19(15-25)14-22(24)27/h3-12,14,16-17H,13,26H2,1-2H3/t16-,17-/m1/s1. The second-order valence-electron chi connectivity index (χ2n) is 7.32. The van der Waals surface area contributed by atoms with Crippen LogP contribution in [0, 0.1) is 11.3 Å². The van der Waals surface area contributed by atoms with E-state index in [1.54, 1.807) is 11.8 Å². The van der Waals surface area contributed by atoms with E-state index >= 15 is 0 Å². The molecule has 0 spiro atoms. The molecule has 0 saturated carbocycles. The fourth-order valence-corrected chi connectivity index (χ4v) is 4.77. The largest absolute Gasteiger partial charge is 0.336 e. The van der Waals surface area contributed by atoms with Gasteiger partial charge in [-0.15, -0.1) is 0 Å². The maximum absolute atomic E-state index is 9.38. The molecule has 3 aromatic rings. The first-order valence-corrected chi connectivity index (χ1v) is 10.3. The Kier molecular flexibility index (Phi) is 5.13. The molecule has 4 heteroatoms. The Balaban J connectivity index is 1.70. The fourth-order valence-electron chi connectivity index (χ4n) is 3.72. The molecule has 0 aliphatic carbocycles. The molecule has 0 amide bonds. The van der Waals surface area contributed by atoms with Crippen molar-refractivity contribution in [2.45, 2.75) is 42.1 Å². The van der Waals surface area contributed by atoms with Crippen LogP contribution in [0.5, 0.6) is 0 Å². The second-order valence-corrected chi connectivity index (χ2v) is 8.40. The number of anilines is 2. The Morgan fingerprint density at radius 3 is 2.39 bits per heavy atom. The second kappa shape index (κ2) is 7.71. The van der Waals surface area contributed by atoms with Crippen LogP contribution in [0.3, 0.4) is 0 Å². The molecule has 4 rings (SSSR count). The summed E-state index contributed by atoms with van der Waals surface area (Å²) in [5, 5.41) is 9.38. The van der Waals surface area contributed by atoms with E-state index in [2.05, 4.69) is 72.5 Å². The summed E-state index contributed by atoms with van der Waals surface area (Å²) in [4.78, 5) is 4.82. The fraction of sp³-hybridized carbons (Fsp3) is 0.208. The van der Waals surface area contributed by atoms with E-state index in [0.29, 0.717) is 5.56 Å². The normalized spacial score (nSPS) is 14.6. The van der Waals surface area contributed by atoms with Gasteiger partial charge in [0.05, 0.1) is 23.0 Å². The van der Waals surface area contributed by atoms with Crippen LogP contribution in [0.25, 0.3) is 0 Å². The monoisotopic (exact) mass is 385 g/mol. The highest BCUT2D eigenvalue weighted by Gasteiger charge is 2.27. The SMILES string of the molecule is C[C@H](Cc1ccc([C@@H](C)N)cc1)N1c2ccccc2Sc2ccc(C#N)cc21. The summed E-state index contributed by atoms with van der Waals surface area (Å²) in [6.45, 7) is 4.25. The van der Waals surface area contributed by atoms with E-state index in [1.807, 2.05) is 19.1 Å². The van der Waals surface area contributed by atoms with Crippen molar-refractivity contribution in [3.05, 3.63) is 83.4 Å². The predicted molar refractivity (Wildman–Crippen MR) is 116 cm³/mol. The number of hydrogen-bond donors (Lipinski definition) is 1. The molecule has 140 valence electrons. The zero-order valence-corrected chi connectivity index (χ0v) is 16.9. The van der Waals surface area contributed by atoms with Gasteiger partial charge in [0.1, 0.15) is 0 Å². The summed E-state index contributed by atoms with van der Waals surface area (Å²) in [5.41, 5.74) is 11.4. The third-order valence-electron chi connectivity index (χ3n) is 5.17. The number of para-hydroxylation sites is 1. The quantitative estimate of drug-likeness (QED) is 0.615. The lowest BCUT2D eigenvalue weighted by Gasteiger charge is -2.37. The van der Waals surface area contributed by atoms with E-state index < -0.39 is 0 Å². The number of hydrogen-bond acceptors (Lipinski definition) is 4. The lowest BCUT2D eigenvalue weighted by atomic mass is 10.0. The van der Waals surface area contributed by atoms with Gasteiger partial charge in [-0.25, -0.2) is 0 Å². The first-order valence-electron chi connectivity index (χ1n) is 9.51. The smallest absolute Gasteiger partial charge is 0.0992 e. The van der Waals surface area contributed by atoms with Crippen LogP contribution in [0.15, 0.2) is 76.5 Å². The van der Waals surface area contributed by atoms with E-state index in [1.165, 1.54) is 21.0 Å². The van der Waals surface area contributed by atoms with Crippen molar-refractivity contribution < 1.29 is 0 Å². The zero-order valence-electron chi connectivity index (χ0n) is 16.1. The van der Waals surface area contributed by atoms with E-state index in [-0.39, 0.29) is 12.1 Å². The summed E-state index contributed by atoms with van der Waals surface area (Å²) < 4.78 is 0. The molecule has 1 heterocycles. The molecular formula is C24H23N3S. The minimum Gasteiger partial charge on any atom is -0.336 e. The number of nitrogens with two attached hydrogens (primary N) is 1.